The van der Waals surface area contributed by atoms with Crippen LogP contribution in [0.1, 0.15) is 21.5 Å². The largest absolute Gasteiger partial charge is 0.495 e. The van der Waals surface area contributed by atoms with Crippen molar-refractivity contribution in [2.75, 3.05) is 19.0 Å². The summed E-state index contributed by atoms with van der Waals surface area (Å²) in [7, 11) is -2.74. The maximum atomic E-state index is 12.8. The molecule has 172 valence electrons. The van der Waals surface area contributed by atoms with Gasteiger partial charge < -0.3 is 19.0 Å². The molecule has 0 atom stereocenters. The monoisotopic (exact) mass is 469 g/mol. The third kappa shape index (κ3) is 5.89. The Bertz CT molecular complexity index is 1290. The van der Waals surface area contributed by atoms with Crippen LogP contribution in [0, 0.1) is 13.8 Å². The molecule has 0 aliphatic rings. The van der Waals surface area contributed by atoms with Gasteiger partial charge in [0.15, 0.2) is 12.4 Å². The summed E-state index contributed by atoms with van der Waals surface area (Å²) in [5.41, 5.74) is 1.55. The van der Waals surface area contributed by atoms with Gasteiger partial charge in [0.05, 0.1) is 12.8 Å². The zero-order chi connectivity index (χ0) is 24.0. The Morgan fingerprint density at radius 2 is 1.58 bits per heavy atom. The molecule has 0 aliphatic heterocycles. The van der Waals surface area contributed by atoms with Crippen LogP contribution in [0.15, 0.2) is 71.6 Å². The van der Waals surface area contributed by atoms with E-state index in [2.05, 4.69) is 5.32 Å². The van der Waals surface area contributed by atoms with Gasteiger partial charge in [0, 0.05) is 0 Å². The Morgan fingerprint density at radius 3 is 2.30 bits per heavy atom. The van der Waals surface area contributed by atoms with Crippen molar-refractivity contribution in [3.05, 3.63) is 83.4 Å². The van der Waals surface area contributed by atoms with Crippen molar-refractivity contribution < 1.29 is 31.7 Å². The highest BCUT2D eigenvalue weighted by Gasteiger charge is 2.24. The summed E-state index contributed by atoms with van der Waals surface area (Å²) < 4.78 is 41.2. The number of rotatable bonds is 8. The van der Waals surface area contributed by atoms with Crippen LogP contribution in [-0.4, -0.2) is 34.0 Å². The quantitative estimate of drug-likeness (QED) is 0.394. The molecular formula is C24H23NO7S. The van der Waals surface area contributed by atoms with Crippen molar-refractivity contribution in [3.8, 4) is 11.5 Å². The Labute approximate surface area is 192 Å². The minimum Gasteiger partial charge on any atom is -0.495 e. The van der Waals surface area contributed by atoms with E-state index in [0.29, 0.717) is 17.0 Å². The van der Waals surface area contributed by atoms with E-state index in [-0.39, 0.29) is 16.2 Å². The minimum absolute atomic E-state index is 0.00172. The van der Waals surface area contributed by atoms with Crippen LogP contribution in [0.3, 0.4) is 0 Å². The number of benzene rings is 3. The van der Waals surface area contributed by atoms with Gasteiger partial charge in [-0.3, -0.25) is 4.79 Å². The lowest BCUT2D eigenvalue weighted by molar-refractivity contribution is -0.119. The van der Waals surface area contributed by atoms with Crippen LogP contribution < -0.4 is 14.2 Å². The first-order valence-electron chi connectivity index (χ1n) is 9.92. The Morgan fingerprint density at radius 1 is 0.909 bits per heavy atom. The van der Waals surface area contributed by atoms with Gasteiger partial charge in [0.25, 0.3) is 5.91 Å². The highest BCUT2D eigenvalue weighted by atomic mass is 32.2. The molecule has 1 amide bonds. The van der Waals surface area contributed by atoms with Gasteiger partial charge in [-0.2, -0.15) is 8.42 Å². The Balaban J connectivity index is 1.72. The molecule has 3 aromatic rings. The molecule has 8 nitrogen and oxygen atoms in total. The molecule has 33 heavy (non-hydrogen) atoms. The molecule has 0 fully saturated rings. The van der Waals surface area contributed by atoms with Gasteiger partial charge in [-0.1, -0.05) is 36.4 Å². The number of hydrogen-bond acceptors (Lipinski definition) is 7. The summed E-state index contributed by atoms with van der Waals surface area (Å²) in [6.07, 6.45) is 0. The van der Waals surface area contributed by atoms with Gasteiger partial charge in [-0.25, -0.2) is 4.79 Å². The molecule has 9 heteroatoms. The summed E-state index contributed by atoms with van der Waals surface area (Å²) in [6.45, 7) is 2.82. The fourth-order valence-electron chi connectivity index (χ4n) is 2.99. The number of para-hydroxylation sites is 3. The van der Waals surface area contributed by atoms with Crippen LogP contribution >= 0.6 is 0 Å². The van der Waals surface area contributed by atoms with Crippen molar-refractivity contribution in [2.45, 2.75) is 18.7 Å². The Kier molecular flexibility index (Phi) is 7.34. The lowest BCUT2D eigenvalue weighted by Gasteiger charge is -2.13. The standard InChI is InChI=1S/C24H23NO7S/c1-16-12-13-17(2)22(14-16)33(28,29)32-20-10-6-4-8-18(20)24(27)31-15-23(26)25-19-9-5-7-11-21(19)30-3/h4-14H,15H2,1-3H3,(H,25,26). The van der Waals surface area contributed by atoms with E-state index < -0.39 is 28.6 Å². The number of anilines is 1. The number of aryl methyl sites for hydroxylation is 2. The average Bonchev–Trinajstić information content (AvgIpc) is 2.79. The molecule has 0 bridgehead atoms. The van der Waals surface area contributed by atoms with Crippen LogP contribution in [0.5, 0.6) is 11.5 Å². The highest BCUT2D eigenvalue weighted by molar-refractivity contribution is 7.87. The minimum atomic E-state index is -4.20. The topological polar surface area (TPSA) is 108 Å². The van der Waals surface area contributed by atoms with Crippen LogP contribution in [-0.2, 0) is 19.6 Å². The summed E-state index contributed by atoms with van der Waals surface area (Å²) in [5, 5.41) is 2.59. The molecule has 1 N–H and O–H groups in total. The molecule has 3 rings (SSSR count). The van der Waals surface area contributed by atoms with Gasteiger partial charge in [-0.15, -0.1) is 0 Å². The van der Waals surface area contributed by atoms with E-state index in [1.807, 2.05) is 0 Å². The van der Waals surface area contributed by atoms with Crippen molar-refractivity contribution in [3.63, 3.8) is 0 Å². The first-order chi connectivity index (χ1) is 15.7. The predicted molar refractivity (Wildman–Crippen MR) is 122 cm³/mol. The molecule has 0 heterocycles. The first-order valence-corrected chi connectivity index (χ1v) is 11.3. The van der Waals surface area contributed by atoms with Gasteiger partial charge >= 0.3 is 16.1 Å². The maximum Gasteiger partial charge on any atom is 0.342 e. The molecule has 0 saturated carbocycles. The maximum absolute atomic E-state index is 12.8. The number of ether oxygens (including phenoxy) is 2. The number of esters is 1. The predicted octanol–water partition coefficient (Wildman–Crippen LogP) is 3.88. The second-order valence-electron chi connectivity index (χ2n) is 7.13. The van der Waals surface area contributed by atoms with E-state index >= 15 is 0 Å². The van der Waals surface area contributed by atoms with Crippen molar-refractivity contribution in [1.82, 2.24) is 0 Å². The van der Waals surface area contributed by atoms with E-state index in [1.54, 1.807) is 50.2 Å². The van der Waals surface area contributed by atoms with E-state index in [4.69, 9.17) is 13.7 Å². The first kappa shape index (κ1) is 23.8. The third-order valence-corrected chi connectivity index (χ3v) is 6.01. The molecule has 3 aromatic carbocycles. The zero-order valence-corrected chi connectivity index (χ0v) is 19.1. The molecule has 0 radical (unpaired) electrons. The second-order valence-corrected chi connectivity index (χ2v) is 8.64. The SMILES string of the molecule is COc1ccccc1NC(=O)COC(=O)c1ccccc1OS(=O)(=O)c1cc(C)ccc1C. The number of amides is 1. The van der Waals surface area contributed by atoms with Crippen molar-refractivity contribution >= 4 is 27.7 Å². The number of hydrogen-bond donors (Lipinski definition) is 1. The second kappa shape index (κ2) is 10.2. The van der Waals surface area contributed by atoms with E-state index in [0.717, 1.165) is 5.56 Å². The summed E-state index contributed by atoms with van der Waals surface area (Å²) in [6, 6.07) is 17.5. The van der Waals surface area contributed by atoms with Crippen molar-refractivity contribution in [2.24, 2.45) is 0 Å². The molecular weight excluding hydrogens is 446 g/mol. The van der Waals surface area contributed by atoms with Crippen LogP contribution in [0.2, 0.25) is 0 Å². The number of nitrogens with one attached hydrogen (secondary N) is 1. The molecule has 0 unspecified atom stereocenters. The molecule has 0 saturated heterocycles. The molecule has 0 aromatic heterocycles. The van der Waals surface area contributed by atoms with E-state index in [9.17, 15) is 18.0 Å². The lowest BCUT2D eigenvalue weighted by atomic mass is 10.2. The van der Waals surface area contributed by atoms with Crippen LogP contribution in [0.4, 0.5) is 5.69 Å². The smallest absolute Gasteiger partial charge is 0.342 e. The third-order valence-electron chi connectivity index (χ3n) is 4.63. The molecule has 0 aliphatic carbocycles. The number of carbonyl (C=O) groups excluding carboxylic acids is 2. The van der Waals surface area contributed by atoms with Crippen molar-refractivity contribution in [1.29, 1.82) is 0 Å². The zero-order valence-electron chi connectivity index (χ0n) is 18.3. The summed E-state index contributed by atoms with van der Waals surface area (Å²) in [5.74, 6) is -1.24. The summed E-state index contributed by atoms with van der Waals surface area (Å²) >= 11 is 0. The molecule has 0 spiro atoms. The van der Waals surface area contributed by atoms with E-state index in [1.165, 1.54) is 37.4 Å². The lowest BCUT2D eigenvalue weighted by Crippen LogP contribution is -2.22. The fourth-order valence-corrected chi connectivity index (χ4v) is 4.25. The van der Waals surface area contributed by atoms with Gasteiger partial charge in [0.2, 0.25) is 0 Å². The van der Waals surface area contributed by atoms with Gasteiger partial charge in [0.1, 0.15) is 16.2 Å². The number of methoxy groups -OCH3 is 1. The Hall–Kier alpha value is -3.85. The van der Waals surface area contributed by atoms with Crippen LogP contribution in [0.25, 0.3) is 0 Å². The normalized spacial score (nSPS) is 10.9. The number of carbonyl (C=O) groups is 2. The highest BCUT2D eigenvalue weighted by Crippen LogP contribution is 2.26. The average molecular weight is 470 g/mol. The fraction of sp³-hybridized carbons (Fsp3) is 0.167. The summed E-state index contributed by atoms with van der Waals surface area (Å²) in [4.78, 5) is 24.8. The van der Waals surface area contributed by atoms with Gasteiger partial charge in [-0.05, 0) is 55.3 Å².